The summed E-state index contributed by atoms with van der Waals surface area (Å²) < 4.78 is 5.57. The summed E-state index contributed by atoms with van der Waals surface area (Å²) in [6.45, 7) is 7.87. The molecule has 0 radical (unpaired) electrons. The Labute approximate surface area is 128 Å². The number of nitrogens with one attached hydrogen (secondary N) is 1. The van der Waals surface area contributed by atoms with Crippen LogP contribution in [0.2, 0.25) is 0 Å². The maximum atomic E-state index is 5.57. The summed E-state index contributed by atoms with van der Waals surface area (Å²) in [6, 6.07) is 7.39. The molecule has 3 heteroatoms. The van der Waals surface area contributed by atoms with Crippen LogP contribution in [0.4, 0.5) is 0 Å². The smallest absolute Gasteiger partial charge is 0.123 e. The third-order valence-electron chi connectivity index (χ3n) is 4.95. The summed E-state index contributed by atoms with van der Waals surface area (Å²) in [6.07, 6.45) is 5.27. The van der Waals surface area contributed by atoms with Crippen LogP contribution in [0.3, 0.4) is 0 Å². The van der Waals surface area contributed by atoms with Crippen molar-refractivity contribution in [1.82, 2.24) is 10.2 Å². The molecule has 0 unspecified atom stereocenters. The second-order valence-corrected chi connectivity index (χ2v) is 7.14. The van der Waals surface area contributed by atoms with Crippen LogP contribution in [-0.4, -0.2) is 30.1 Å². The van der Waals surface area contributed by atoms with E-state index in [9.17, 15) is 0 Å². The van der Waals surface area contributed by atoms with E-state index in [1.165, 1.54) is 43.4 Å². The van der Waals surface area contributed by atoms with Crippen molar-refractivity contribution in [3.63, 3.8) is 0 Å². The van der Waals surface area contributed by atoms with Gasteiger partial charge in [0.1, 0.15) is 5.75 Å². The summed E-state index contributed by atoms with van der Waals surface area (Å²) in [5.74, 6) is 1.02. The van der Waals surface area contributed by atoms with E-state index in [1.807, 2.05) is 0 Å². The van der Waals surface area contributed by atoms with Crippen LogP contribution in [0.25, 0.3) is 0 Å². The normalized spacial score (nSPS) is 21.7. The lowest BCUT2D eigenvalue weighted by Gasteiger charge is -2.32. The Morgan fingerprint density at radius 3 is 2.76 bits per heavy atom. The van der Waals surface area contributed by atoms with Crippen molar-refractivity contribution in [3.8, 4) is 5.75 Å². The molecule has 1 aliphatic heterocycles. The predicted octanol–water partition coefficient (Wildman–Crippen LogP) is 3.32. The highest BCUT2D eigenvalue weighted by molar-refractivity contribution is 5.37. The number of hydrogen-bond acceptors (Lipinski definition) is 3. The van der Waals surface area contributed by atoms with E-state index in [4.69, 9.17) is 4.74 Å². The first kappa shape index (κ1) is 14.9. The Balaban J connectivity index is 1.72. The molecule has 2 fully saturated rings. The van der Waals surface area contributed by atoms with Crippen LogP contribution in [0.5, 0.6) is 5.75 Å². The Hall–Kier alpha value is -1.06. The molecule has 1 N–H and O–H groups in total. The average molecular weight is 288 g/mol. The molecule has 0 atom stereocenters. The van der Waals surface area contributed by atoms with Crippen molar-refractivity contribution in [2.45, 2.75) is 64.2 Å². The van der Waals surface area contributed by atoms with Gasteiger partial charge in [-0.3, -0.25) is 4.90 Å². The van der Waals surface area contributed by atoms with Crippen molar-refractivity contribution in [2.75, 3.05) is 13.7 Å². The number of hydrogen-bond donors (Lipinski definition) is 1. The second kappa shape index (κ2) is 5.98. The molecule has 1 aromatic rings. The lowest BCUT2D eigenvalue weighted by Crippen LogP contribution is -2.37. The molecule has 1 saturated heterocycles. The maximum absolute atomic E-state index is 5.57. The molecule has 1 saturated carbocycles. The van der Waals surface area contributed by atoms with Crippen LogP contribution < -0.4 is 10.1 Å². The standard InChI is InChI=1S/C18H28N2O/c1-18(2)9-4-10-20(18)13-15-11-14(5-8-17(15)21-3)12-19-16-6-7-16/h5,8,11,16,19H,4,6-7,9-10,12-13H2,1-3H3. The number of likely N-dealkylation sites (tertiary alicyclic amines) is 1. The number of rotatable bonds is 6. The van der Waals surface area contributed by atoms with Crippen LogP contribution in [-0.2, 0) is 13.1 Å². The molecule has 0 bridgehead atoms. The minimum atomic E-state index is 0.313. The zero-order valence-electron chi connectivity index (χ0n) is 13.6. The summed E-state index contributed by atoms with van der Waals surface area (Å²) in [5, 5.41) is 3.59. The van der Waals surface area contributed by atoms with Crippen LogP contribution in [0.15, 0.2) is 18.2 Å². The lowest BCUT2D eigenvalue weighted by atomic mass is 10.0. The van der Waals surface area contributed by atoms with Crippen LogP contribution in [0.1, 0.15) is 50.7 Å². The van der Waals surface area contributed by atoms with Gasteiger partial charge in [0, 0.05) is 30.2 Å². The zero-order valence-corrected chi connectivity index (χ0v) is 13.6. The predicted molar refractivity (Wildman–Crippen MR) is 86.6 cm³/mol. The Morgan fingerprint density at radius 2 is 2.14 bits per heavy atom. The summed E-state index contributed by atoms with van der Waals surface area (Å²) >= 11 is 0. The molecule has 2 aliphatic rings. The highest BCUT2D eigenvalue weighted by atomic mass is 16.5. The Morgan fingerprint density at radius 1 is 1.33 bits per heavy atom. The molecule has 0 spiro atoms. The minimum absolute atomic E-state index is 0.313. The summed E-state index contributed by atoms with van der Waals surface area (Å²) in [7, 11) is 1.77. The van der Waals surface area contributed by atoms with Gasteiger partial charge in [-0.2, -0.15) is 0 Å². The first-order valence-corrected chi connectivity index (χ1v) is 8.23. The first-order chi connectivity index (χ1) is 10.1. The molecule has 1 heterocycles. The monoisotopic (exact) mass is 288 g/mol. The Kier molecular flexibility index (Phi) is 4.23. The van der Waals surface area contributed by atoms with Crippen molar-refractivity contribution < 1.29 is 4.74 Å². The fourth-order valence-corrected chi connectivity index (χ4v) is 3.28. The van der Waals surface area contributed by atoms with Gasteiger partial charge < -0.3 is 10.1 Å². The maximum Gasteiger partial charge on any atom is 0.123 e. The molecule has 3 nitrogen and oxygen atoms in total. The van der Waals surface area contributed by atoms with Crippen molar-refractivity contribution in [1.29, 1.82) is 0 Å². The van der Waals surface area contributed by atoms with E-state index in [1.54, 1.807) is 7.11 Å². The van der Waals surface area contributed by atoms with Gasteiger partial charge in [0.2, 0.25) is 0 Å². The SMILES string of the molecule is COc1ccc(CNC2CC2)cc1CN1CCCC1(C)C. The highest BCUT2D eigenvalue weighted by Crippen LogP contribution is 2.32. The number of nitrogens with zero attached hydrogens (tertiary/aromatic N) is 1. The van der Waals surface area contributed by atoms with E-state index >= 15 is 0 Å². The molecular formula is C18H28N2O. The van der Waals surface area contributed by atoms with E-state index in [2.05, 4.69) is 42.3 Å². The molecule has 116 valence electrons. The van der Waals surface area contributed by atoms with Gasteiger partial charge in [0.05, 0.1) is 7.11 Å². The lowest BCUT2D eigenvalue weighted by molar-refractivity contribution is 0.165. The third kappa shape index (κ3) is 3.58. The minimum Gasteiger partial charge on any atom is -0.496 e. The summed E-state index contributed by atoms with van der Waals surface area (Å²) in [4.78, 5) is 2.59. The third-order valence-corrected chi connectivity index (χ3v) is 4.95. The van der Waals surface area contributed by atoms with Crippen molar-refractivity contribution in [2.24, 2.45) is 0 Å². The fourth-order valence-electron chi connectivity index (χ4n) is 3.28. The number of ether oxygens (including phenoxy) is 1. The van der Waals surface area contributed by atoms with Gasteiger partial charge in [0.25, 0.3) is 0 Å². The zero-order chi connectivity index (χ0) is 14.9. The van der Waals surface area contributed by atoms with Crippen molar-refractivity contribution in [3.05, 3.63) is 29.3 Å². The topological polar surface area (TPSA) is 24.5 Å². The van der Waals surface area contributed by atoms with Crippen LogP contribution >= 0.6 is 0 Å². The number of benzene rings is 1. The fraction of sp³-hybridized carbons (Fsp3) is 0.667. The molecular weight excluding hydrogens is 260 g/mol. The molecule has 21 heavy (non-hydrogen) atoms. The van der Waals surface area contributed by atoms with E-state index in [0.717, 1.165) is 24.9 Å². The van der Waals surface area contributed by atoms with E-state index in [0.29, 0.717) is 5.54 Å². The van der Waals surface area contributed by atoms with Gasteiger partial charge in [-0.25, -0.2) is 0 Å². The summed E-state index contributed by atoms with van der Waals surface area (Å²) in [5.41, 5.74) is 3.00. The van der Waals surface area contributed by atoms with Gasteiger partial charge >= 0.3 is 0 Å². The van der Waals surface area contributed by atoms with Gasteiger partial charge in [-0.05, 0) is 63.8 Å². The molecule has 0 amide bonds. The first-order valence-electron chi connectivity index (χ1n) is 8.23. The van der Waals surface area contributed by atoms with E-state index < -0.39 is 0 Å². The molecule has 1 aromatic carbocycles. The number of methoxy groups -OCH3 is 1. The highest BCUT2D eigenvalue weighted by Gasteiger charge is 2.32. The van der Waals surface area contributed by atoms with E-state index in [-0.39, 0.29) is 0 Å². The second-order valence-electron chi connectivity index (χ2n) is 7.14. The van der Waals surface area contributed by atoms with Gasteiger partial charge in [0.15, 0.2) is 0 Å². The largest absolute Gasteiger partial charge is 0.496 e. The van der Waals surface area contributed by atoms with Gasteiger partial charge in [-0.1, -0.05) is 6.07 Å². The van der Waals surface area contributed by atoms with Crippen molar-refractivity contribution >= 4 is 0 Å². The van der Waals surface area contributed by atoms with Crippen LogP contribution in [0, 0.1) is 0 Å². The molecule has 3 rings (SSSR count). The average Bonchev–Trinajstić information content (AvgIpc) is 3.23. The molecule has 1 aliphatic carbocycles. The van der Waals surface area contributed by atoms with Gasteiger partial charge in [-0.15, -0.1) is 0 Å². The quantitative estimate of drug-likeness (QED) is 0.869. The Bertz CT molecular complexity index is 494. The molecule has 0 aromatic heterocycles.